The SMILES string of the molecule is CC1=C(C(=O)NCCC[N+](C)(C)CCCNC(=O)C2=C(C)N(c3cccc(C(F)(F)F)c3)C(=O)N[C@@H]2c2ccc(C#N)cc2)[C@@H](c2ccc(C#N)cc2)NC(=O)N1c1cccc(C(F)(F)F)c1.[I-]. The van der Waals surface area contributed by atoms with Gasteiger partial charge in [0, 0.05) is 37.3 Å². The molecule has 0 aromatic heterocycles. The number of alkyl halides is 6. The molecule has 0 radical (unpaired) electrons. The molecule has 2 aliphatic heterocycles. The van der Waals surface area contributed by atoms with Crippen LogP contribution < -0.4 is 55.0 Å². The highest BCUT2D eigenvalue weighted by atomic mass is 127. The molecular formula is C48H46F6IN9O4. The van der Waals surface area contributed by atoms with Crippen LogP contribution in [0.5, 0.6) is 0 Å². The number of anilines is 2. The van der Waals surface area contributed by atoms with Gasteiger partial charge in [-0.1, -0.05) is 36.4 Å². The van der Waals surface area contributed by atoms with Crippen LogP contribution in [0.1, 0.15) is 72.2 Å². The average Bonchev–Trinajstić information content (AvgIpc) is 3.28. The van der Waals surface area contributed by atoms with Crippen LogP contribution in [-0.4, -0.2) is 68.6 Å². The molecule has 0 saturated heterocycles. The maximum Gasteiger partial charge on any atom is 0.416 e. The van der Waals surface area contributed by atoms with E-state index >= 15 is 0 Å². The van der Waals surface area contributed by atoms with Gasteiger partial charge in [0.25, 0.3) is 11.8 Å². The fourth-order valence-electron chi connectivity index (χ4n) is 8.06. The zero-order chi connectivity index (χ0) is 48.8. The summed E-state index contributed by atoms with van der Waals surface area (Å²) in [6.07, 6.45) is -8.41. The van der Waals surface area contributed by atoms with Gasteiger partial charge in [0.1, 0.15) is 0 Å². The lowest BCUT2D eigenvalue weighted by Gasteiger charge is -2.36. The molecule has 0 spiro atoms. The normalized spacial score (nSPS) is 16.5. The predicted octanol–water partition coefficient (Wildman–Crippen LogP) is 5.35. The van der Waals surface area contributed by atoms with Crippen LogP contribution in [0.3, 0.4) is 0 Å². The van der Waals surface area contributed by atoms with E-state index < -0.39 is 59.4 Å². The van der Waals surface area contributed by atoms with Crippen molar-refractivity contribution in [1.82, 2.24) is 21.3 Å². The molecule has 6 rings (SSSR count). The van der Waals surface area contributed by atoms with Crippen molar-refractivity contribution in [2.75, 3.05) is 50.1 Å². The summed E-state index contributed by atoms with van der Waals surface area (Å²) in [5.74, 6) is -1.13. The molecule has 4 aromatic carbocycles. The molecule has 2 heterocycles. The Balaban J connectivity index is 0.00000864. The van der Waals surface area contributed by atoms with Gasteiger partial charge in [-0.3, -0.25) is 19.4 Å². The van der Waals surface area contributed by atoms with E-state index in [2.05, 4.69) is 21.3 Å². The van der Waals surface area contributed by atoms with Crippen molar-refractivity contribution in [3.8, 4) is 12.1 Å². The van der Waals surface area contributed by atoms with Crippen molar-refractivity contribution < 1.29 is 74.0 Å². The van der Waals surface area contributed by atoms with Gasteiger partial charge in [-0.15, -0.1) is 0 Å². The molecule has 0 fully saturated rings. The minimum atomic E-state index is -4.68. The minimum Gasteiger partial charge on any atom is -1.00 e. The number of halogens is 7. The summed E-state index contributed by atoms with van der Waals surface area (Å²) in [5.41, 5.74) is -0.0929. The topological polar surface area (TPSA) is 170 Å². The number of carbonyl (C=O) groups excluding carboxylic acids is 4. The van der Waals surface area contributed by atoms with Crippen LogP contribution >= 0.6 is 0 Å². The van der Waals surface area contributed by atoms with Gasteiger partial charge in [-0.2, -0.15) is 36.9 Å². The third-order valence-electron chi connectivity index (χ3n) is 11.5. The number of nitrogens with zero attached hydrogens (tertiary/aromatic N) is 5. The predicted molar refractivity (Wildman–Crippen MR) is 235 cm³/mol. The van der Waals surface area contributed by atoms with Crippen LogP contribution in [0.2, 0.25) is 0 Å². The molecule has 0 bridgehead atoms. The zero-order valence-electron chi connectivity index (χ0n) is 37.1. The first-order chi connectivity index (χ1) is 31.6. The zero-order valence-corrected chi connectivity index (χ0v) is 39.3. The number of urea groups is 2. The Morgan fingerprint density at radius 3 is 1.31 bits per heavy atom. The molecule has 20 heteroatoms. The lowest BCUT2D eigenvalue weighted by molar-refractivity contribution is -0.890. The third-order valence-corrected chi connectivity index (χ3v) is 11.5. The highest BCUT2D eigenvalue weighted by molar-refractivity contribution is 6.06. The first-order valence-corrected chi connectivity index (χ1v) is 21.0. The molecule has 356 valence electrons. The molecule has 0 aliphatic carbocycles. The van der Waals surface area contributed by atoms with Crippen molar-refractivity contribution in [3.63, 3.8) is 0 Å². The van der Waals surface area contributed by atoms with Crippen molar-refractivity contribution in [3.05, 3.63) is 153 Å². The Hall–Kier alpha value is -6.91. The first kappa shape index (κ1) is 52.1. The van der Waals surface area contributed by atoms with Gasteiger partial charge in [0.15, 0.2) is 0 Å². The summed E-state index contributed by atoms with van der Waals surface area (Å²) in [6, 6.07) is 21.4. The van der Waals surface area contributed by atoms with E-state index in [1.807, 2.05) is 26.2 Å². The van der Waals surface area contributed by atoms with Gasteiger partial charge >= 0.3 is 24.4 Å². The number of hydrogen-bond acceptors (Lipinski definition) is 6. The lowest BCUT2D eigenvalue weighted by atomic mass is 9.93. The summed E-state index contributed by atoms with van der Waals surface area (Å²) >= 11 is 0. The van der Waals surface area contributed by atoms with Crippen LogP contribution in [0, 0.1) is 22.7 Å². The second-order valence-electron chi connectivity index (χ2n) is 16.6. The van der Waals surface area contributed by atoms with Crippen molar-refractivity contribution in [1.29, 1.82) is 10.5 Å². The maximum atomic E-state index is 14.0. The van der Waals surface area contributed by atoms with Crippen molar-refractivity contribution in [2.45, 2.75) is 51.1 Å². The monoisotopic (exact) mass is 1050 g/mol. The molecule has 6 amide bonds. The lowest BCUT2D eigenvalue weighted by Crippen LogP contribution is -3.00. The summed E-state index contributed by atoms with van der Waals surface area (Å²) in [7, 11) is 3.91. The Labute approximate surface area is 405 Å². The van der Waals surface area contributed by atoms with E-state index in [0.717, 1.165) is 34.1 Å². The Kier molecular flexibility index (Phi) is 16.4. The van der Waals surface area contributed by atoms with Gasteiger partial charge in [0.2, 0.25) is 0 Å². The molecule has 4 aromatic rings. The van der Waals surface area contributed by atoms with E-state index in [1.54, 1.807) is 24.3 Å². The molecule has 0 unspecified atom stereocenters. The van der Waals surface area contributed by atoms with Crippen LogP contribution in [0.25, 0.3) is 0 Å². The number of nitrogens with one attached hydrogen (secondary N) is 4. The van der Waals surface area contributed by atoms with Gasteiger partial charge in [-0.25, -0.2) is 9.59 Å². The molecule has 68 heavy (non-hydrogen) atoms. The van der Waals surface area contributed by atoms with Gasteiger partial charge < -0.3 is 49.7 Å². The Morgan fingerprint density at radius 1 is 0.632 bits per heavy atom. The van der Waals surface area contributed by atoms with Gasteiger partial charge in [-0.05, 0) is 85.6 Å². The number of amides is 6. The number of quaternary nitrogens is 1. The molecule has 2 atom stereocenters. The standard InChI is InChI=1S/C48H45F6N9O4.HI/c1-29-39(41(33-17-13-31(27-55)14-18-33)59-45(66)61(29)37-11-5-9-35(25-37)47(49,50)51)43(64)57-21-7-23-63(3,4)24-8-22-58-44(65)40-30(2)62(38-12-6-10-36(26-38)48(52,53)54)46(67)60-42(40)34-19-15-32(28-56)16-20-34;/h5-6,9-20,25-26,41-42H,7-8,21-24H2,1-4H3,(H3-,57,58,59,60,64,65,66,67);1H/t41-,42-;/m1./s1. The number of nitriles is 2. The summed E-state index contributed by atoms with van der Waals surface area (Å²) in [6.45, 7) is 4.44. The number of rotatable bonds is 14. The molecule has 0 saturated carbocycles. The highest BCUT2D eigenvalue weighted by Gasteiger charge is 2.40. The smallest absolute Gasteiger partial charge is 0.416 e. The maximum absolute atomic E-state index is 14.0. The van der Waals surface area contributed by atoms with E-state index in [4.69, 9.17) is 0 Å². The fraction of sp³-hybridized carbons (Fsp3) is 0.292. The van der Waals surface area contributed by atoms with E-state index in [0.29, 0.717) is 52.7 Å². The molecule has 13 nitrogen and oxygen atoms in total. The molecule has 2 aliphatic rings. The third kappa shape index (κ3) is 12.0. The summed E-state index contributed by atoms with van der Waals surface area (Å²) in [5, 5.41) is 29.9. The van der Waals surface area contributed by atoms with Crippen molar-refractivity contribution in [2.24, 2.45) is 0 Å². The van der Waals surface area contributed by atoms with E-state index in [9.17, 15) is 56.0 Å². The molecule has 4 N–H and O–H groups in total. The van der Waals surface area contributed by atoms with Crippen molar-refractivity contribution >= 4 is 35.3 Å². The molecular weight excluding hydrogens is 1010 g/mol. The van der Waals surface area contributed by atoms with Gasteiger partial charge in [0.05, 0.1) is 96.2 Å². The minimum absolute atomic E-state index is 0. The Morgan fingerprint density at radius 2 is 0.985 bits per heavy atom. The number of carbonyl (C=O) groups is 4. The Bertz CT molecular complexity index is 2520. The van der Waals surface area contributed by atoms with Crippen LogP contribution in [0.4, 0.5) is 47.3 Å². The van der Waals surface area contributed by atoms with E-state index in [1.165, 1.54) is 62.4 Å². The fourth-order valence-corrected chi connectivity index (χ4v) is 8.06. The number of hydrogen-bond donors (Lipinski definition) is 4. The number of allylic oxidation sites excluding steroid dienone is 2. The largest absolute Gasteiger partial charge is 1.00 e. The summed E-state index contributed by atoms with van der Waals surface area (Å²) in [4.78, 5) is 57.0. The first-order valence-electron chi connectivity index (χ1n) is 21.0. The van der Waals surface area contributed by atoms with E-state index in [-0.39, 0.29) is 71.0 Å². The van der Waals surface area contributed by atoms with Crippen LogP contribution in [0.15, 0.2) is 120 Å². The summed E-state index contributed by atoms with van der Waals surface area (Å²) < 4.78 is 82.3. The van der Waals surface area contributed by atoms with Crippen LogP contribution in [-0.2, 0) is 21.9 Å². The number of benzene rings is 4. The second kappa shape index (κ2) is 21.4. The average molecular weight is 1050 g/mol. The highest BCUT2D eigenvalue weighted by Crippen LogP contribution is 2.39. The quantitative estimate of drug-likeness (QED) is 0.0575. The second-order valence-corrected chi connectivity index (χ2v) is 16.6.